The fraction of sp³-hybridized carbons (Fsp3) is 0.533. The van der Waals surface area contributed by atoms with Gasteiger partial charge in [-0.05, 0) is 33.5 Å². The Morgan fingerprint density at radius 3 is 2.74 bits per heavy atom. The monoisotopic (exact) mass is 261 g/mol. The molecule has 1 N–H and O–H groups in total. The highest BCUT2D eigenvalue weighted by molar-refractivity contribution is 5.84. The van der Waals surface area contributed by atoms with Gasteiger partial charge in [-0.25, -0.2) is 0 Å². The summed E-state index contributed by atoms with van der Waals surface area (Å²) in [7, 11) is 4.05. The first-order chi connectivity index (χ1) is 8.99. The predicted molar refractivity (Wildman–Crippen MR) is 76.8 cm³/mol. The van der Waals surface area contributed by atoms with E-state index in [1.54, 1.807) is 0 Å². The zero-order valence-corrected chi connectivity index (χ0v) is 12.2. The Balaban J connectivity index is 2.19. The van der Waals surface area contributed by atoms with Crippen molar-refractivity contribution >= 4 is 5.91 Å². The van der Waals surface area contributed by atoms with Gasteiger partial charge in [-0.1, -0.05) is 29.8 Å². The first kappa shape index (κ1) is 14.0. The molecule has 1 aromatic carbocycles. The van der Waals surface area contributed by atoms with E-state index < -0.39 is 0 Å². The maximum atomic E-state index is 12.2. The molecule has 0 bridgehead atoms. The molecule has 2 rings (SSSR count). The van der Waals surface area contributed by atoms with Crippen molar-refractivity contribution in [3.8, 4) is 0 Å². The molecule has 1 aliphatic heterocycles. The molecule has 4 heteroatoms. The molecular weight excluding hydrogens is 238 g/mol. The lowest BCUT2D eigenvalue weighted by Gasteiger charge is -2.26. The summed E-state index contributed by atoms with van der Waals surface area (Å²) in [4.78, 5) is 16.3. The van der Waals surface area contributed by atoms with Crippen molar-refractivity contribution in [2.75, 3.05) is 27.2 Å². The largest absolute Gasteiger partial charge is 0.320 e. The van der Waals surface area contributed by atoms with E-state index >= 15 is 0 Å². The summed E-state index contributed by atoms with van der Waals surface area (Å²) < 4.78 is 0. The van der Waals surface area contributed by atoms with Crippen LogP contribution in [0.1, 0.15) is 24.2 Å². The first-order valence-corrected chi connectivity index (χ1v) is 6.77. The second kappa shape index (κ2) is 5.72. The van der Waals surface area contributed by atoms with Crippen molar-refractivity contribution in [3.63, 3.8) is 0 Å². The van der Waals surface area contributed by atoms with Crippen LogP contribution in [-0.4, -0.2) is 48.9 Å². The fourth-order valence-electron chi connectivity index (χ4n) is 2.44. The molecule has 1 amide bonds. The van der Waals surface area contributed by atoms with Gasteiger partial charge in [0.1, 0.15) is 6.17 Å². The number of likely N-dealkylation sites (N-methyl/N-ethyl adjacent to an activating group) is 1. The molecule has 0 aromatic heterocycles. The van der Waals surface area contributed by atoms with Crippen LogP contribution in [0.4, 0.5) is 0 Å². The Bertz CT molecular complexity index is 458. The molecule has 0 radical (unpaired) electrons. The van der Waals surface area contributed by atoms with Crippen molar-refractivity contribution in [1.29, 1.82) is 0 Å². The van der Waals surface area contributed by atoms with Crippen LogP contribution in [0.25, 0.3) is 0 Å². The van der Waals surface area contributed by atoms with Crippen molar-refractivity contribution in [1.82, 2.24) is 15.1 Å². The number of aryl methyl sites for hydroxylation is 1. The highest BCUT2D eigenvalue weighted by atomic mass is 16.2. The summed E-state index contributed by atoms with van der Waals surface area (Å²) in [5.74, 6) is 0.188. The van der Waals surface area contributed by atoms with Gasteiger partial charge in [-0.2, -0.15) is 0 Å². The Labute approximate surface area is 115 Å². The van der Waals surface area contributed by atoms with Gasteiger partial charge in [0.05, 0.1) is 6.04 Å². The van der Waals surface area contributed by atoms with Crippen LogP contribution in [0.15, 0.2) is 24.3 Å². The topological polar surface area (TPSA) is 35.6 Å². The Morgan fingerprint density at radius 2 is 2.11 bits per heavy atom. The van der Waals surface area contributed by atoms with Gasteiger partial charge in [-0.15, -0.1) is 0 Å². The minimum atomic E-state index is -0.104. The second-order valence-corrected chi connectivity index (χ2v) is 5.54. The molecule has 4 nitrogen and oxygen atoms in total. The summed E-state index contributed by atoms with van der Waals surface area (Å²) in [6, 6.07) is 8.25. The van der Waals surface area contributed by atoms with E-state index in [1.165, 1.54) is 5.56 Å². The van der Waals surface area contributed by atoms with Gasteiger partial charge in [0.15, 0.2) is 0 Å². The third-order valence-corrected chi connectivity index (χ3v) is 3.52. The molecule has 0 saturated carbocycles. The van der Waals surface area contributed by atoms with E-state index in [-0.39, 0.29) is 18.1 Å². The van der Waals surface area contributed by atoms with E-state index in [0.717, 1.165) is 18.7 Å². The highest BCUT2D eigenvalue weighted by Crippen LogP contribution is 2.25. The fourth-order valence-corrected chi connectivity index (χ4v) is 2.44. The van der Waals surface area contributed by atoms with Crippen LogP contribution in [0.2, 0.25) is 0 Å². The zero-order valence-electron chi connectivity index (χ0n) is 12.2. The van der Waals surface area contributed by atoms with Gasteiger partial charge in [0.25, 0.3) is 0 Å². The Hall–Kier alpha value is -1.39. The smallest absolute Gasteiger partial charge is 0.241 e. The number of carbonyl (C=O) groups is 1. The summed E-state index contributed by atoms with van der Waals surface area (Å²) >= 11 is 0. The van der Waals surface area contributed by atoms with Crippen molar-refractivity contribution in [2.45, 2.75) is 26.1 Å². The molecule has 1 saturated heterocycles. The highest BCUT2D eigenvalue weighted by Gasteiger charge is 2.36. The predicted octanol–water partition coefficient (Wildman–Crippen LogP) is 1.38. The van der Waals surface area contributed by atoms with Gasteiger partial charge in [0, 0.05) is 13.1 Å². The van der Waals surface area contributed by atoms with Gasteiger partial charge in [-0.3, -0.25) is 10.1 Å². The van der Waals surface area contributed by atoms with Crippen LogP contribution in [0.5, 0.6) is 0 Å². The van der Waals surface area contributed by atoms with Crippen LogP contribution in [-0.2, 0) is 4.79 Å². The molecular formula is C15H23N3O. The molecule has 2 unspecified atom stereocenters. The lowest BCUT2D eigenvalue weighted by atomic mass is 10.1. The van der Waals surface area contributed by atoms with Crippen LogP contribution < -0.4 is 5.32 Å². The van der Waals surface area contributed by atoms with E-state index in [0.29, 0.717) is 0 Å². The minimum Gasteiger partial charge on any atom is -0.320 e. The zero-order chi connectivity index (χ0) is 14.0. The third kappa shape index (κ3) is 3.14. The number of hydrogen-bond donors (Lipinski definition) is 1. The number of nitrogens with one attached hydrogen (secondary N) is 1. The molecule has 1 aliphatic rings. The van der Waals surface area contributed by atoms with Crippen molar-refractivity contribution < 1.29 is 4.79 Å². The number of rotatable bonds is 4. The van der Waals surface area contributed by atoms with Gasteiger partial charge in [0.2, 0.25) is 5.91 Å². The number of hydrogen-bond acceptors (Lipinski definition) is 3. The molecule has 2 atom stereocenters. The lowest BCUT2D eigenvalue weighted by Crippen LogP contribution is -2.36. The van der Waals surface area contributed by atoms with Gasteiger partial charge < -0.3 is 9.80 Å². The lowest BCUT2D eigenvalue weighted by molar-refractivity contribution is -0.130. The average molecular weight is 261 g/mol. The summed E-state index contributed by atoms with van der Waals surface area (Å²) in [6.07, 6.45) is 0.00218. The average Bonchev–Trinajstić information content (AvgIpc) is 2.63. The molecule has 1 heterocycles. The SMILES string of the molecule is Cc1cccc(C2NC(C)C(=O)N2CCN(C)C)c1. The quantitative estimate of drug-likeness (QED) is 0.889. The van der Waals surface area contributed by atoms with Crippen LogP contribution in [0.3, 0.4) is 0 Å². The normalized spacial score (nSPS) is 23.4. The van der Waals surface area contributed by atoms with E-state index in [9.17, 15) is 4.79 Å². The number of carbonyl (C=O) groups excluding carboxylic acids is 1. The molecule has 1 aromatic rings. The standard InChI is InChI=1S/C15H23N3O/c1-11-6-5-7-13(10-11)14-16-12(2)15(19)18(14)9-8-17(3)4/h5-7,10,12,14,16H,8-9H2,1-4H3. The van der Waals surface area contributed by atoms with Crippen molar-refractivity contribution in [2.24, 2.45) is 0 Å². The number of benzene rings is 1. The molecule has 1 fully saturated rings. The first-order valence-electron chi connectivity index (χ1n) is 6.77. The molecule has 19 heavy (non-hydrogen) atoms. The summed E-state index contributed by atoms with van der Waals surface area (Å²) in [5, 5.41) is 3.38. The molecule has 0 aliphatic carbocycles. The van der Waals surface area contributed by atoms with Gasteiger partial charge >= 0.3 is 0 Å². The molecule has 0 spiro atoms. The maximum Gasteiger partial charge on any atom is 0.241 e. The summed E-state index contributed by atoms with van der Waals surface area (Å²) in [5.41, 5.74) is 2.38. The van der Waals surface area contributed by atoms with Crippen molar-refractivity contribution in [3.05, 3.63) is 35.4 Å². The third-order valence-electron chi connectivity index (χ3n) is 3.52. The second-order valence-electron chi connectivity index (χ2n) is 5.54. The van der Waals surface area contributed by atoms with E-state index in [4.69, 9.17) is 0 Å². The van der Waals surface area contributed by atoms with Crippen LogP contribution >= 0.6 is 0 Å². The molecule has 104 valence electrons. The number of amides is 1. The van der Waals surface area contributed by atoms with E-state index in [2.05, 4.69) is 35.3 Å². The Morgan fingerprint density at radius 1 is 1.37 bits per heavy atom. The van der Waals surface area contributed by atoms with E-state index in [1.807, 2.05) is 32.0 Å². The Kier molecular flexibility index (Phi) is 4.22. The number of nitrogens with zero attached hydrogens (tertiary/aromatic N) is 2. The maximum absolute atomic E-state index is 12.2. The van der Waals surface area contributed by atoms with Crippen LogP contribution in [0, 0.1) is 6.92 Å². The minimum absolute atomic E-state index is 0.00218. The summed E-state index contributed by atoms with van der Waals surface area (Å²) in [6.45, 7) is 5.64.